The van der Waals surface area contributed by atoms with Crippen LogP contribution in [0, 0.1) is 0 Å². The van der Waals surface area contributed by atoms with Crippen LogP contribution in [0.3, 0.4) is 0 Å². The summed E-state index contributed by atoms with van der Waals surface area (Å²) in [4.78, 5) is 0. The van der Waals surface area contributed by atoms with Crippen molar-refractivity contribution in [3.8, 4) is 100 Å². The minimum Gasteiger partial charge on any atom is -0.0622 e. The molecule has 15 rings (SSSR count). The zero-order valence-corrected chi connectivity index (χ0v) is 37.1. The van der Waals surface area contributed by atoms with Gasteiger partial charge in [0, 0.05) is 0 Å². The Kier molecular flexibility index (Phi) is 7.88. The van der Waals surface area contributed by atoms with E-state index in [2.05, 4.69) is 243 Å². The molecule has 0 atom stereocenters. The summed E-state index contributed by atoms with van der Waals surface area (Å²) in [6.07, 6.45) is 0. The normalized spacial score (nSPS) is 12.1. The predicted octanol–water partition coefficient (Wildman–Crippen LogP) is 19.1. The first-order chi connectivity index (χ1) is 33.8. The van der Waals surface area contributed by atoms with Crippen LogP contribution in [0.15, 0.2) is 243 Å². The minimum absolute atomic E-state index is 1.23. The molecule has 0 fully saturated rings. The molecule has 0 amide bonds. The van der Waals surface area contributed by atoms with Gasteiger partial charge in [-0.3, -0.25) is 0 Å². The zero-order chi connectivity index (χ0) is 44.5. The molecular weight excluding hydrogens is 817 g/mol. The van der Waals surface area contributed by atoms with Crippen molar-refractivity contribution in [3.05, 3.63) is 243 Å². The summed E-state index contributed by atoms with van der Waals surface area (Å²) >= 11 is 0. The number of hydrogen-bond acceptors (Lipinski definition) is 0. The van der Waals surface area contributed by atoms with E-state index in [-0.39, 0.29) is 0 Å². The van der Waals surface area contributed by atoms with Gasteiger partial charge in [-0.15, -0.1) is 0 Å². The molecule has 0 bridgehead atoms. The molecule has 2 aliphatic carbocycles. The predicted molar refractivity (Wildman–Crippen MR) is 290 cm³/mol. The van der Waals surface area contributed by atoms with Crippen LogP contribution in [-0.2, 0) is 0 Å². The molecule has 0 heterocycles. The van der Waals surface area contributed by atoms with Crippen LogP contribution in [0.1, 0.15) is 0 Å². The van der Waals surface area contributed by atoms with E-state index in [4.69, 9.17) is 0 Å². The topological polar surface area (TPSA) is 0 Å². The maximum Gasteiger partial charge on any atom is -0.000719 e. The Morgan fingerprint density at radius 1 is 0.147 bits per heavy atom. The Bertz CT molecular complexity index is 4280. The fourth-order valence-electron chi connectivity index (χ4n) is 12.4. The van der Waals surface area contributed by atoms with Crippen molar-refractivity contribution in [3.63, 3.8) is 0 Å². The molecule has 0 radical (unpaired) electrons. The third-order valence-corrected chi connectivity index (χ3v) is 15.2. The van der Waals surface area contributed by atoms with Crippen molar-refractivity contribution in [1.29, 1.82) is 0 Å². The van der Waals surface area contributed by atoms with Crippen molar-refractivity contribution in [2.45, 2.75) is 0 Å². The maximum atomic E-state index is 2.44. The molecular formula is C68H40. The summed E-state index contributed by atoms with van der Waals surface area (Å²) in [5, 5.41) is 12.8. The molecule has 2 aliphatic rings. The number of fused-ring (bicyclic) bond motifs is 9. The van der Waals surface area contributed by atoms with Crippen molar-refractivity contribution >= 4 is 53.9 Å². The van der Waals surface area contributed by atoms with Crippen molar-refractivity contribution < 1.29 is 0 Å². The molecule has 0 heteroatoms. The summed E-state index contributed by atoms with van der Waals surface area (Å²) in [6, 6.07) is 90.7. The van der Waals surface area contributed by atoms with E-state index in [1.165, 1.54) is 154 Å². The molecule has 0 N–H and O–H groups in total. The smallest absolute Gasteiger partial charge is 0.000719 e. The van der Waals surface area contributed by atoms with E-state index in [1.54, 1.807) is 0 Å². The van der Waals surface area contributed by atoms with Crippen LogP contribution in [0.5, 0.6) is 0 Å². The lowest BCUT2D eigenvalue weighted by Crippen LogP contribution is -1.94. The lowest BCUT2D eigenvalue weighted by Gasteiger charge is -2.21. The van der Waals surface area contributed by atoms with Crippen molar-refractivity contribution in [2.24, 2.45) is 0 Å². The van der Waals surface area contributed by atoms with Gasteiger partial charge in [0.1, 0.15) is 0 Å². The quantitative estimate of drug-likeness (QED) is 0.162. The number of benzene rings is 13. The zero-order valence-electron chi connectivity index (χ0n) is 37.1. The van der Waals surface area contributed by atoms with E-state index in [9.17, 15) is 0 Å². The van der Waals surface area contributed by atoms with Crippen LogP contribution in [0.2, 0.25) is 0 Å². The summed E-state index contributed by atoms with van der Waals surface area (Å²) < 4.78 is 0. The van der Waals surface area contributed by atoms with E-state index in [0.717, 1.165) is 0 Å². The highest BCUT2D eigenvalue weighted by Crippen LogP contribution is 2.61. The molecule has 0 unspecified atom stereocenters. The van der Waals surface area contributed by atoms with Gasteiger partial charge in [-0.1, -0.05) is 243 Å². The Hall–Kier alpha value is -8.84. The van der Waals surface area contributed by atoms with Crippen molar-refractivity contribution in [1.82, 2.24) is 0 Å². The van der Waals surface area contributed by atoms with E-state index < -0.39 is 0 Å². The van der Waals surface area contributed by atoms with Crippen molar-refractivity contribution in [2.75, 3.05) is 0 Å². The summed E-state index contributed by atoms with van der Waals surface area (Å²) in [5.74, 6) is 0. The van der Waals surface area contributed by atoms with Crippen LogP contribution >= 0.6 is 0 Å². The molecule has 68 heavy (non-hydrogen) atoms. The average molecular weight is 857 g/mol. The van der Waals surface area contributed by atoms with Gasteiger partial charge >= 0.3 is 0 Å². The second-order valence-corrected chi connectivity index (χ2v) is 18.5. The first kappa shape index (κ1) is 37.4. The third kappa shape index (κ3) is 5.15. The Balaban J connectivity index is 1.01. The largest absolute Gasteiger partial charge is 0.0622 e. The van der Waals surface area contributed by atoms with Crippen LogP contribution in [0.4, 0.5) is 0 Å². The van der Waals surface area contributed by atoms with Gasteiger partial charge in [0.25, 0.3) is 0 Å². The standard InChI is InChI=1S/C68H40/c1-3-17-43(18-4-1)47-35-38-56(48-29-13-23-41-19-7-9-25-45(41)48)66-57-33-15-31-52-49(36-39-59(62(52)57)64(47)66)50-37-40-60-63-53(50)32-16-34-58(63)68-65(51-30-14-24-42-20-8-10-26-46(42)51)55-28-12-11-27-54(55)61(67(60)68)44-21-5-2-6-22-44/h1-40H. The van der Waals surface area contributed by atoms with Gasteiger partial charge in [-0.2, -0.15) is 0 Å². The lowest BCUT2D eigenvalue weighted by atomic mass is 9.81. The first-order valence-corrected chi connectivity index (χ1v) is 23.8. The summed E-state index contributed by atoms with van der Waals surface area (Å²) in [6.45, 7) is 0. The van der Waals surface area contributed by atoms with Gasteiger partial charge in [0.2, 0.25) is 0 Å². The minimum atomic E-state index is 1.23. The van der Waals surface area contributed by atoms with E-state index in [0.29, 0.717) is 0 Å². The molecule has 0 saturated heterocycles. The highest BCUT2D eigenvalue weighted by atomic mass is 14.4. The maximum absolute atomic E-state index is 2.44. The molecule has 13 aromatic rings. The van der Waals surface area contributed by atoms with E-state index in [1.807, 2.05) is 0 Å². The first-order valence-electron chi connectivity index (χ1n) is 23.8. The Morgan fingerprint density at radius 3 is 1.15 bits per heavy atom. The fourth-order valence-corrected chi connectivity index (χ4v) is 12.4. The Morgan fingerprint density at radius 2 is 0.500 bits per heavy atom. The monoisotopic (exact) mass is 856 g/mol. The van der Waals surface area contributed by atoms with Crippen LogP contribution in [0.25, 0.3) is 154 Å². The molecule has 0 spiro atoms. The fraction of sp³-hybridized carbons (Fsp3) is 0. The van der Waals surface area contributed by atoms with Gasteiger partial charge in [-0.25, -0.2) is 0 Å². The van der Waals surface area contributed by atoms with Gasteiger partial charge in [-0.05, 0) is 154 Å². The molecule has 312 valence electrons. The van der Waals surface area contributed by atoms with Crippen LogP contribution in [-0.4, -0.2) is 0 Å². The second kappa shape index (κ2) is 14.3. The molecule has 0 saturated carbocycles. The molecule has 0 aromatic heterocycles. The highest BCUT2D eigenvalue weighted by molar-refractivity contribution is 6.31. The third-order valence-electron chi connectivity index (χ3n) is 15.2. The van der Waals surface area contributed by atoms with Gasteiger partial charge in [0.15, 0.2) is 0 Å². The summed E-state index contributed by atoms with van der Waals surface area (Å²) in [5.41, 5.74) is 23.1. The molecule has 0 aliphatic heterocycles. The van der Waals surface area contributed by atoms with Gasteiger partial charge in [0.05, 0.1) is 0 Å². The van der Waals surface area contributed by atoms with Gasteiger partial charge < -0.3 is 0 Å². The van der Waals surface area contributed by atoms with Crippen LogP contribution < -0.4 is 0 Å². The summed E-state index contributed by atoms with van der Waals surface area (Å²) in [7, 11) is 0. The average Bonchev–Trinajstić information content (AvgIpc) is 3.93. The highest BCUT2D eigenvalue weighted by Gasteiger charge is 2.33. The second-order valence-electron chi connectivity index (χ2n) is 18.5. The number of rotatable bonds is 5. The number of hydrogen-bond donors (Lipinski definition) is 0. The van der Waals surface area contributed by atoms with E-state index >= 15 is 0 Å². The SMILES string of the molecule is c1ccc(-c2ccc(-c3cccc4ccccc34)c3c2-c2ccc(-c4ccc5c6c(cccc46)-c4c-5c(-c5ccccc5)c5ccccc5c4-c4cccc5ccccc45)c4cccc-3c24)cc1. The molecule has 0 nitrogen and oxygen atoms in total. The Labute approximate surface area is 394 Å². The molecule has 13 aromatic carbocycles. The lowest BCUT2D eigenvalue weighted by molar-refractivity contribution is 1.60.